The molecule has 0 aromatic carbocycles. The summed E-state index contributed by atoms with van der Waals surface area (Å²) >= 11 is 6.27. The lowest BCUT2D eigenvalue weighted by molar-refractivity contribution is -0.0960. The van der Waals surface area contributed by atoms with Crippen molar-refractivity contribution in [3.05, 3.63) is 16.4 Å². The van der Waals surface area contributed by atoms with Crippen molar-refractivity contribution >= 4 is 11.6 Å². The molecule has 104 valence electrons. The van der Waals surface area contributed by atoms with E-state index >= 15 is 0 Å². The molecule has 0 amide bonds. The average Bonchev–Trinajstić information content (AvgIpc) is 2.56. The molecule has 0 saturated carbocycles. The summed E-state index contributed by atoms with van der Waals surface area (Å²) in [7, 11) is 1.85. The molecule has 0 aliphatic carbocycles. The third-order valence-electron chi connectivity index (χ3n) is 3.21. The van der Waals surface area contributed by atoms with Gasteiger partial charge in [-0.3, -0.25) is 4.68 Å². The van der Waals surface area contributed by atoms with E-state index in [0.717, 1.165) is 17.8 Å². The van der Waals surface area contributed by atoms with Gasteiger partial charge in [0.15, 0.2) is 0 Å². The highest BCUT2D eigenvalue weighted by atomic mass is 35.5. The standard InChI is InChI=1S/C13H23ClN2O2/c1-6-9-12(14)10(16(5)15-9)8-11(17)13(3,4)18-7-2/h11,17H,6-8H2,1-5H3. The molecule has 1 aromatic heterocycles. The first-order chi connectivity index (χ1) is 8.33. The average molecular weight is 275 g/mol. The second-order valence-corrected chi connectivity index (χ2v) is 5.32. The van der Waals surface area contributed by atoms with Crippen LogP contribution in [0.25, 0.3) is 0 Å². The zero-order valence-electron chi connectivity index (χ0n) is 11.8. The molecule has 0 bridgehead atoms. The third-order valence-corrected chi connectivity index (χ3v) is 3.64. The normalized spacial score (nSPS) is 13.9. The molecule has 1 atom stereocenters. The highest BCUT2D eigenvalue weighted by molar-refractivity contribution is 6.31. The van der Waals surface area contributed by atoms with Gasteiger partial charge < -0.3 is 9.84 Å². The third kappa shape index (κ3) is 3.25. The SMILES string of the molecule is CCOC(C)(C)C(O)Cc1c(Cl)c(CC)nn1C. The van der Waals surface area contributed by atoms with Gasteiger partial charge in [-0.25, -0.2) is 0 Å². The van der Waals surface area contributed by atoms with Crippen molar-refractivity contribution in [1.82, 2.24) is 9.78 Å². The smallest absolute Gasteiger partial charge is 0.0887 e. The zero-order chi connectivity index (χ0) is 13.9. The molecular formula is C13H23ClN2O2. The quantitative estimate of drug-likeness (QED) is 0.866. The minimum Gasteiger partial charge on any atom is -0.390 e. The van der Waals surface area contributed by atoms with Crippen LogP contribution in [0.4, 0.5) is 0 Å². The number of aryl methyl sites for hydroxylation is 2. The van der Waals surface area contributed by atoms with Crippen molar-refractivity contribution in [3.8, 4) is 0 Å². The molecule has 18 heavy (non-hydrogen) atoms. The predicted octanol–water partition coefficient (Wildman–Crippen LogP) is 2.35. The van der Waals surface area contributed by atoms with Crippen molar-refractivity contribution in [3.63, 3.8) is 0 Å². The lowest BCUT2D eigenvalue weighted by Crippen LogP contribution is -2.40. The monoisotopic (exact) mass is 274 g/mol. The molecule has 1 rings (SSSR count). The maximum Gasteiger partial charge on any atom is 0.0887 e. The minimum absolute atomic E-state index is 0.440. The van der Waals surface area contributed by atoms with Crippen molar-refractivity contribution in [2.45, 2.75) is 52.2 Å². The fourth-order valence-electron chi connectivity index (χ4n) is 1.94. The maximum atomic E-state index is 10.3. The van der Waals surface area contributed by atoms with Gasteiger partial charge in [-0.2, -0.15) is 5.10 Å². The summed E-state index contributed by atoms with van der Waals surface area (Å²) in [5.74, 6) is 0. The van der Waals surface area contributed by atoms with Gasteiger partial charge in [0.25, 0.3) is 0 Å². The van der Waals surface area contributed by atoms with Crippen LogP contribution >= 0.6 is 11.6 Å². The summed E-state index contributed by atoms with van der Waals surface area (Å²) in [6.07, 6.45) is 0.613. The first-order valence-corrected chi connectivity index (χ1v) is 6.73. The topological polar surface area (TPSA) is 47.3 Å². The number of aliphatic hydroxyl groups excluding tert-OH is 1. The molecule has 0 saturated heterocycles. The summed E-state index contributed by atoms with van der Waals surface area (Å²) in [5.41, 5.74) is 1.14. The molecule has 1 unspecified atom stereocenters. The van der Waals surface area contributed by atoms with E-state index < -0.39 is 11.7 Å². The second kappa shape index (κ2) is 6.04. The van der Waals surface area contributed by atoms with E-state index in [1.165, 1.54) is 0 Å². The van der Waals surface area contributed by atoms with Gasteiger partial charge in [-0.15, -0.1) is 0 Å². The van der Waals surface area contributed by atoms with Crippen LogP contribution in [0.2, 0.25) is 5.02 Å². The second-order valence-electron chi connectivity index (χ2n) is 4.94. The number of hydrogen-bond acceptors (Lipinski definition) is 3. The van der Waals surface area contributed by atoms with E-state index in [-0.39, 0.29) is 0 Å². The molecule has 0 fully saturated rings. The molecule has 4 nitrogen and oxygen atoms in total. The lowest BCUT2D eigenvalue weighted by Gasteiger charge is -2.30. The largest absolute Gasteiger partial charge is 0.390 e. The molecule has 0 radical (unpaired) electrons. The minimum atomic E-state index is -0.616. The molecule has 1 heterocycles. The number of halogens is 1. The first kappa shape index (κ1) is 15.5. The van der Waals surface area contributed by atoms with Crippen LogP contribution in [0.15, 0.2) is 0 Å². The van der Waals surface area contributed by atoms with Gasteiger partial charge in [0, 0.05) is 20.1 Å². The summed E-state index contributed by atoms with van der Waals surface area (Å²) in [6, 6.07) is 0. The van der Waals surface area contributed by atoms with Crippen LogP contribution < -0.4 is 0 Å². The first-order valence-electron chi connectivity index (χ1n) is 6.35. The number of ether oxygens (including phenoxy) is 1. The van der Waals surface area contributed by atoms with Crippen LogP contribution in [0, 0.1) is 0 Å². The summed E-state index contributed by atoms with van der Waals surface area (Å²) in [6.45, 7) is 8.26. The van der Waals surface area contributed by atoms with Crippen LogP contribution in [-0.2, 0) is 24.6 Å². The number of hydrogen-bond donors (Lipinski definition) is 1. The Labute approximate surface area is 114 Å². The molecular weight excluding hydrogens is 252 g/mol. The Hall–Kier alpha value is -0.580. The summed E-state index contributed by atoms with van der Waals surface area (Å²) in [4.78, 5) is 0. The molecule has 0 aliphatic heterocycles. The van der Waals surface area contributed by atoms with Crippen LogP contribution in [-0.4, -0.2) is 33.2 Å². The Morgan fingerprint density at radius 3 is 2.50 bits per heavy atom. The molecule has 5 heteroatoms. The van der Waals surface area contributed by atoms with Crippen molar-refractivity contribution < 1.29 is 9.84 Å². The van der Waals surface area contributed by atoms with E-state index in [0.29, 0.717) is 18.1 Å². The number of rotatable bonds is 6. The highest BCUT2D eigenvalue weighted by Crippen LogP contribution is 2.25. The molecule has 0 spiro atoms. The van der Waals surface area contributed by atoms with Crippen LogP contribution in [0.5, 0.6) is 0 Å². The van der Waals surface area contributed by atoms with Gasteiger partial charge in [0.05, 0.1) is 28.1 Å². The van der Waals surface area contributed by atoms with Crippen LogP contribution in [0.1, 0.15) is 39.1 Å². The van der Waals surface area contributed by atoms with Crippen LogP contribution in [0.3, 0.4) is 0 Å². The summed E-state index contributed by atoms with van der Waals surface area (Å²) < 4.78 is 7.30. The van der Waals surface area contributed by atoms with Gasteiger partial charge in [0.2, 0.25) is 0 Å². The van der Waals surface area contributed by atoms with Gasteiger partial charge in [-0.1, -0.05) is 18.5 Å². The lowest BCUT2D eigenvalue weighted by atomic mass is 9.97. The number of aromatic nitrogens is 2. The Balaban J connectivity index is 2.88. The van der Waals surface area contributed by atoms with Crippen molar-refractivity contribution in [2.24, 2.45) is 7.05 Å². The van der Waals surface area contributed by atoms with E-state index in [1.54, 1.807) is 4.68 Å². The summed E-state index contributed by atoms with van der Waals surface area (Å²) in [5, 5.41) is 15.3. The van der Waals surface area contributed by atoms with E-state index in [2.05, 4.69) is 5.10 Å². The molecule has 1 aromatic rings. The van der Waals surface area contributed by atoms with Gasteiger partial charge >= 0.3 is 0 Å². The number of nitrogens with zero attached hydrogens (tertiary/aromatic N) is 2. The predicted molar refractivity (Wildman–Crippen MR) is 73.0 cm³/mol. The van der Waals surface area contributed by atoms with Crippen molar-refractivity contribution in [1.29, 1.82) is 0 Å². The highest BCUT2D eigenvalue weighted by Gasteiger charge is 2.30. The Kier molecular flexibility index (Phi) is 5.20. The van der Waals surface area contributed by atoms with E-state index in [4.69, 9.17) is 16.3 Å². The number of aliphatic hydroxyl groups is 1. The molecule has 1 N–H and O–H groups in total. The maximum absolute atomic E-state index is 10.3. The Morgan fingerprint density at radius 2 is 2.06 bits per heavy atom. The van der Waals surface area contributed by atoms with E-state index in [1.807, 2.05) is 34.7 Å². The fourth-order valence-corrected chi connectivity index (χ4v) is 2.31. The van der Waals surface area contributed by atoms with E-state index in [9.17, 15) is 5.11 Å². The Morgan fingerprint density at radius 1 is 1.44 bits per heavy atom. The molecule has 0 aliphatic rings. The Bertz CT molecular complexity index is 402. The fraction of sp³-hybridized carbons (Fsp3) is 0.769. The van der Waals surface area contributed by atoms with Crippen molar-refractivity contribution in [2.75, 3.05) is 6.61 Å². The zero-order valence-corrected chi connectivity index (χ0v) is 12.6. The van der Waals surface area contributed by atoms with Gasteiger partial charge in [0.1, 0.15) is 0 Å². The van der Waals surface area contributed by atoms with Gasteiger partial charge in [-0.05, 0) is 27.2 Å².